The summed E-state index contributed by atoms with van der Waals surface area (Å²) in [6.45, 7) is 14.9. The van der Waals surface area contributed by atoms with E-state index >= 15 is 0 Å². The highest BCUT2D eigenvalue weighted by atomic mass is 19.1. The first-order valence-corrected chi connectivity index (χ1v) is 12.3. The number of halogens is 1. The van der Waals surface area contributed by atoms with Gasteiger partial charge >= 0.3 is 0 Å². The van der Waals surface area contributed by atoms with Crippen LogP contribution >= 0.6 is 0 Å². The van der Waals surface area contributed by atoms with E-state index in [0.29, 0.717) is 25.6 Å². The number of hydrogen-bond donors (Lipinski definition) is 0. The van der Waals surface area contributed by atoms with Crippen molar-refractivity contribution < 1.29 is 9.13 Å². The van der Waals surface area contributed by atoms with Gasteiger partial charge in [0.15, 0.2) is 0 Å². The molecule has 2 heterocycles. The summed E-state index contributed by atoms with van der Waals surface area (Å²) in [5, 5.41) is 0. The Kier molecular flexibility index (Phi) is 9.83. The molecular formula is C28H37FN4O. The number of aromatic nitrogens is 2. The monoisotopic (exact) mass is 464 g/mol. The minimum atomic E-state index is -1.01. The molecule has 0 spiro atoms. The highest BCUT2D eigenvalue weighted by molar-refractivity contribution is 5.65. The Balaban J connectivity index is 0.00000158. The molecule has 2 atom stereocenters. The molecule has 2 aliphatic rings. The van der Waals surface area contributed by atoms with Gasteiger partial charge in [-0.3, -0.25) is 0 Å². The van der Waals surface area contributed by atoms with Gasteiger partial charge in [-0.1, -0.05) is 75.1 Å². The molecule has 0 radical (unpaired) electrons. The second-order valence-electron chi connectivity index (χ2n) is 8.14. The Hall–Kier alpha value is -2.99. The molecule has 6 heteroatoms. The average molecular weight is 465 g/mol. The second kappa shape index (κ2) is 13.0. The van der Waals surface area contributed by atoms with Gasteiger partial charge in [-0.05, 0) is 18.9 Å². The summed E-state index contributed by atoms with van der Waals surface area (Å²) in [7, 11) is 0. The Bertz CT molecular complexity index is 970. The van der Waals surface area contributed by atoms with Gasteiger partial charge in [0.2, 0.25) is 5.95 Å². The lowest BCUT2D eigenvalue weighted by molar-refractivity contribution is 0.122. The van der Waals surface area contributed by atoms with Gasteiger partial charge in [-0.2, -0.15) is 0 Å². The van der Waals surface area contributed by atoms with Crippen molar-refractivity contribution in [2.24, 2.45) is 0 Å². The molecule has 1 aliphatic heterocycles. The van der Waals surface area contributed by atoms with E-state index in [1.807, 2.05) is 50.4 Å². The highest BCUT2D eigenvalue weighted by Crippen LogP contribution is 2.33. The van der Waals surface area contributed by atoms with Crippen molar-refractivity contribution in [2.45, 2.75) is 45.8 Å². The molecule has 0 saturated carbocycles. The average Bonchev–Trinajstić information content (AvgIpc) is 3.13. The number of nitrogens with zero attached hydrogens (tertiary/aromatic N) is 4. The molecule has 1 aromatic carbocycles. The van der Waals surface area contributed by atoms with Crippen LogP contribution in [0.4, 0.5) is 10.3 Å². The molecule has 182 valence electrons. The Morgan fingerprint density at radius 3 is 2.56 bits per heavy atom. The Labute approximate surface area is 203 Å². The molecule has 34 heavy (non-hydrogen) atoms. The van der Waals surface area contributed by atoms with Crippen LogP contribution < -0.4 is 4.90 Å². The maximum Gasteiger partial charge on any atom is 0.225 e. The SMILES string of the molecule is C=C(c1cnc(N2CCOCC2)nc1C1C=CC=CC(F)C1)N(CC)Cc1ccccc1.CC. The molecule has 1 fully saturated rings. The van der Waals surface area contributed by atoms with Crippen molar-refractivity contribution >= 4 is 11.6 Å². The number of allylic oxidation sites excluding steroid dienone is 4. The third-order valence-corrected chi connectivity index (χ3v) is 5.99. The summed E-state index contributed by atoms with van der Waals surface area (Å²) in [6.07, 6.45) is 8.53. The molecule has 1 aliphatic carbocycles. The third kappa shape index (κ3) is 6.54. The number of ether oxygens (including phenoxy) is 1. The van der Waals surface area contributed by atoms with Crippen LogP contribution in [0.3, 0.4) is 0 Å². The molecule has 0 amide bonds. The van der Waals surface area contributed by atoms with Gasteiger partial charge in [0, 0.05) is 49.6 Å². The predicted octanol–water partition coefficient (Wildman–Crippen LogP) is 5.77. The number of morpholine rings is 1. The van der Waals surface area contributed by atoms with Gasteiger partial charge in [0.1, 0.15) is 6.17 Å². The normalized spacial score (nSPS) is 19.7. The maximum absolute atomic E-state index is 14.4. The summed E-state index contributed by atoms with van der Waals surface area (Å²) in [5.41, 5.74) is 3.79. The lowest BCUT2D eigenvalue weighted by Gasteiger charge is -2.30. The number of alkyl halides is 1. The number of rotatable bonds is 7. The second-order valence-corrected chi connectivity index (χ2v) is 8.14. The standard InChI is InChI=1S/C26H31FN4O.C2H6/c1-3-30(19-21-9-5-4-6-10-21)20(2)24-18-28-26(31-13-15-32-16-14-31)29-25(24)22-11-7-8-12-23(27)17-22;1-2/h4-12,18,22-23H,2-3,13-17,19H2,1H3;1-2H3. The van der Waals surface area contributed by atoms with Crippen LogP contribution in [0.15, 0.2) is 67.4 Å². The van der Waals surface area contributed by atoms with Crippen LogP contribution in [0.25, 0.3) is 5.70 Å². The largest absolute Gasteiger partial charge is 0.378 e. The Morgan fingerprint density at radius 2 is 1.85 bits per heavy atom. The minimum absolute atomic E-state index is 0.148. The van der Waals surface area contributed by atoms with Crippen LogP contribution in [0.2, 0.25) is 0 Å². The highest BCUT2D eigenvalue weighted by Gasteiger charge is 2.25. The van der Waals surface area contributed by atoms with Crippen molar-refractivity contribution in [3.8, 4) is 0 Å². The van der Waals surface area contributed by atoms with Gasteiger partial charge in [0.05, 0.1) is 18.9 Å². The quantitative estimate of drug-likeness (QED) is 0.520. The predicted molar refractivity (Wildman–Crippen MR) is 139 cm³/mol. The van der Waals surface area contributed by atoms with Gasteiger partial charge < -0.3 is 14.5 Å². The summed E-state index contributed by atoms with van der Waals surface area (Å²) in [5.74, 6) is 0.525. The fourth-order valence-corrected chi connectivity index (χ4v) is 4.16. The fourth-order valence-electron chi connectivity index (χ4n) is 4.16. The maximum atomic E-state index is 14.4. The van der Waals surface area contributed by atoms with E-state index in [1.165, 1.54) is 5.56 Å². The lowest BCUT2D eigenvalue weighted by Crippen LogP contribution is -2.37. The molecule has 4 rings (SSSR count). The van der Waals surface area contributed by atoms with Gasteiger partial charge in [-0.15, -0.1) is 0 Å². The van der Waals surface area contributed by atoms with Crippen molar-refractivity contribution in [1.29, 1.82) is 0 Å². The summed E-state index contributed by atoms with van der Waals surface area (Å²) < 4.78 is 19.9. The van der Waals surface area contributed by atoms with Gasteiger partial charge in [0.25, 0.3) is 0 Å². The first-order chi connectivity index (χ1) is 16.7. The van der Waals surface area contributed by atoms with Gasteiger partial charge in [-0.25, -0.2) is 14.4 Å². The molecule has 1 saturated heterocycles. The van der Waals surface area contributed by atoms with E-state index in [9.17, 15) is 4.39 Å². The number of benzene rings is 1. The third-order valence-electron chi connectivity index (χ3n) is 5.99. The minimum Gasteiger partial charge on any atom is -0.378 e. The fraction of sp³-hybridized carbons (Fsp3) is 0.429. The molecule has 2 aromatic rings. The van der Waals surface area contributed by atoms with Crippen LogP contribution in [0.5, 0.6) is 0 Å². The lowest BCUT2D eigenvalue weighted by atomic mass is 9.94. The van der Waals surface area contributed by atoms with Crippen LogP contribution in [-0.4, -0.2) is 53.9 Å². The molecule has 2 unspecified atom stereocenters. The van der Waals surface area contributed by atoms with Crippen LogP contribution in [0.1, 0.15) is 49.9 Å². The summed E-state index contributed by atoms with van der Waals surface area (Å²) in [4.78, 5) is 14.0. The van der Waals surface area contributed by atoms with E-state index in [1.54, 1.807) is 12.2 Å². The molecule has 1 aromatic heterocycles. The Morgan fingerprint density at radius 1 is 1.15 bits per heavy atom. The topological polar surface area (TPSA) is 41.5 Å². The molecule has 0 N–H and O–H groups in total. The zero-order chi connectivity index (χ0) is 24.3. The first-order valence-electron chi connectivity index (χ1n) is 12.3. The number of hydrogen-bond acceptors (Lipinski definition) is 5. The van der Waals surface area contributed by atoms with Crippen molar-refractivity contribution in [3.63, 3.8) is 0 Å². The zero-order valence-corrected chi connectivity index (χ0v) is 20.7. The van der Waals surface area contributed by atoms with Crippen molar-refractivity contribution in [2.75, 3.05) is 37.7 Å². The number of anilines is 1. The molecule has 5 nitrogen and oxygen atoms in total. The van der Waals surface area contributed by atoms with Crippen molar-refractivity contribution in [3.05, 3.63) is 84.2 Å². The van der Waals surface area contributed by atoms with E-state index in [-0.39, 0.29) is 5.92 Å². The molecular weight excluding hydrogens is 427 g/mol. The van der Waals surface area contributed by atoms with Crippen LogP contribution in [0, 0.1) is 0 Å². The van der Waals surface area contributed by atoms with Crippen LogP contribution in [-0.2, 0) is 11.3 Å². The first kappa shape index (κ1) is 25.6. The van der Waals surface area contributed by atoms with E-state index < -0.39 is 6.17 Å². The smallest absolute Gasteiger partial charge is 0.225 e. The zero-order valence-electron chi connectivity index (χ0n) is 20.7. The van der Waals surface area contributed by atoms with Crippen molar-refractivity contribution in [1.82, 2.24) is 14.9 Å². The summed E-state index contributed by atoms with van der Waals surface area (Å²) >= 11 is 0. The van der Waals surface area contributed by atoms with E-state index in [2.05, 4.69) is 40.4 Å². The van der Waals surface area contributed by atoms with E-state index in [4.69, 9.17) is 9.72 Å². The summed E-state index contributed by atoms with van der Waals surface area (Å²) in [6, 6.07) is 10.3. The molecule has 0 bridgehead atoms. The van der Waals surface area contributed by atoms with E-state index in [0.717, 1.165) is 43.1 Å².